The van der Waals surface area contributed by atoms with Crippen LogP contribution in [0.15, 0.2) is 48.5 Å². The first-order valence-corrected chi connectivity index (χ1v) is 9.88. The molecule has 1 amide bonds. The van der Waals surface area contributed by atoms with Crippen molar-refractivity contribution in [1.82, 2.24) is 4.90 Å². The van der Waals surface area contributed by atoms with Crippen molar-refractivity contribution in [2.75, 3.05) is 5.75 Å². The summed E-state index contributed by atoms with van der Waals surface area (Å²) in [4.78, 5) is 14.3. The summed E-state index contributed by atoms with van der Waals surface area (Å²) in [5.74, 6) is -0.951. The Kier molecular flexibility index (Phi) is 6.37. The minimum Gasteiger partial charge on any atom is -0.382 e. The number of hydrogen-bond acceptors (Lipinski definition) is 4. The lowest BCUT2D eigenvalue weighted by Crippen LogP contribution is -2.36. The van der Waals surface area contributed by atoms with Gasteiger partial charge in [0.2, 0.25) is 0 Å². The first-order chi connectivity index (χ1) is 12.2. The molecule has 0 spiro atoms. The van der Waals surface area contributed by atoms with Gasteiger partial charge in [-0.1, -0.05) is 24.3 Å². The number of carbonyl (C=O) groups is 1. The molecule has 7 heteroatoms. The fourth-order valence-corrected chi connectivity index (χ4v) is 2.89. The Morgan fingerprint density at radius 3 is 2.46 bits per heavy atom. The van der Waals surface area contributed by atoms with Crippen LogP contribution in [0.2, 0.25) is 0 Å². The molecule has 140 valence electrons. The monoisotopic (exact) mass is 379 g/mol. The third kappa shape index (κ3) is 5.05. The van der Waals surface area contributed by atoms with Crippen molar-refractivity contribution in [3.05, 3.63) is 65.5 Å². The summed E-state index contributed by atoms with van der Waals surface area (Å²) < 4.78 is 42.2. The highest BCUT2D eigenvalue weighted by Crippen LogP contribution is 2.20. The minimum atomic E-state index is -3.63. The zero-order valence-electron chi connectivity index (χ0n) is 15.0. The molecule has 0 aromatic heterocycles. The predicted octanol–water partition coefficient (Wildman–Crippen LogP) is 3.61. The van der Waals surface area contributed by atoms with Gasteiger partial charge in [0, 0.05) is 12.6 Å². The summed E-state index contributed by atoms with van der Waals surface area (Å²) in [6.45, 7) is 5.36. The van der Waals surface area contributed by atoms with E-state index in [1.54, 1.807) is 24.3 Å². The molecular formula is C19H22FNO4S. The number of hydrogen-bond donors (Lipinski definition) is 0. The van der Waals surface area contributed by atoms with Gasteiger partial charge in [0.05, 0.1) is 11.3 Å². The van der Waals surface area contributed by atoms with Crippen molar-refractivity contribution >= 4 is 16.0 Å². The van der Waals surface area contributed by atoms with E-state index in [-0.39, 0.29) is 29.7 Å². The SMILES string of the molecule is CCS(=O)(=O)Oc1cccc(CN(C(=O)c2ccccc2F)C(C)C)c1. The fraction of sp³-hybridized carbons (Fsp3) is 0.316. The highest BCUT2D eigenvalue weighted by molar-refractivity contribution is 7.87. The molecule has 2 rings (SSSR count). The molecule has 0 aliphatic rings. The molecule has 0 bridgehead atoms. The Morgan fingerprint density at radius 2 is 1.85 bits per heavy atom. The van der Waals surface area contributed by atoms with E-state index in [1.807, 2.05) is 13.8 Å². The van der Waals surface area contributed by atoms with E-state index < -0.39 is 21.8 Å². The Balaban J connectivity index is 2.26. The lowest BCUT2D eigenvalue weighted by Gasteiger charge is -2.27. The van der Waals surface area contributed by atoms with Crippen LogP contribution in [0.4, 0.5) is 4.39 Å². The van der Waals surface area contributed by atoms with Crippen LogP contribution < -0.4 is 4.18 Å². The number of halogens is 1. The summed E-state index contributed by atoms with van der Waals surface area (Å²) in [5.41, 5.74) is 0.689. The molecule has 0 atom stereocenters. The molecule has 5 nitrogen and oxygen atoms in total. The summed E-state index contributed by atoms with van der Waals surface area (Å²) in [5, 5.41) is 0. The average molecular weight is 379 g/mol. The van der Waals surface area contributed by atoms with Crippen LogP contribution in [0.3, 0.4) is 0 Å². The molecule has 0 aliphatic carbocycles. The number of nitrogens with zero attached hydrogens (tertiary/aromatic N) is 1. The van der Waals surface area contributed by atoms with Gasteiger partial charge in [0.1, 0.15) is 11.6 Å². The molecule has 0 fully saturated rings. The Bertz CT molecular complexity index is 881. The van der Waals surface area contributed by atoms with Crippen molar-refractivity contribution in [3.63, 3.8) is 0 Å². The van der Waals surface area contributed by atoms with Crippen molar-refractivity contribution in [2.24, 2.45) is 0 Å². The molecule has 2 aromatic rings. The lowest BCUT2D eigenvalue weighted by molar-refractivity contribution is 0.0685. The molecule has 0 radical (unpaired) electrons. The number of benzene rings is 2. The summed E-state index contributed by atoms with van der Waals surface area (Å²) >= 11 is 0. The van der Waals surface area contributed by atoms with E-state index in [0.717, 1.165) is 0 Å². The van der Waals surface area contributed by atoms with Crippen LogP contribution in [0, 0.1) is 5.82 Å². The largest absolute Gasteiger partial charge is 0.382 e. The Morgan fingerprint density at radius 1 is 1.15 bits per heavy atom. The van der Waals surface area contributed by atoms with Crippen molar-refractivity contribution in [3.8, 4) is 5.75 Å². The van der Waals surface area contributed by atoms with Crippen molar-refractivity contribution < 1.29 is 21.8 Å². The maximum absolute atomic E-state index is 14.0. The lowest BCUT2D eigenvalue weighted by atomic mass is 10.1. The normalized spacial score (nSPS) is 11.4. The standard InChI is InChI=1S/C19H22FNO4S/c1-4-26(23,24)25-16-9-7-8-15(12-16)13-21(14(2)3)19(22)17-10-5-6-11-18(17)20/h5-12,14H,4,13H2,1-3H3. The highest BCUT2D eigenvalue weighted by atomic mass is 32.2. The minimum absolute atomic E-state index is 0.00200. The summed E-state index contributed by atoms with van der Waals surface area (Å²) in [6, 6.07) is 12.2. The third-order valence-electron chi connectivity index (χ3n) is 3.82. The van der Waals surface area contributed by atoms with Gasteiger partial charge in [-0.25, -0.2) is 4.39 Å². The predicted molar refractivity (Wildman–Crippen MR) is 97.9 cm³/mol. The number of rotatable bonds is 7. The van der Waals surface area contributed by atoms with E-state index in [9.17, 15) is 17.6 Å². The van der Waals surface area contributed by atoms with Crippen LogP contribution in [0.25, 0.3) is 0 Å². The quantitative estimate of drug-likeness (QED) is 0.690. The fourth-order valence-electron chi connectivity index (χ4n) is 2.38. The molecule has 0 heterocycles. The number of amides is 1. The number of carbonyl (C=O) groups excluding carboxylic acids is 1. The van der Waals surface area contributed by atoms with Gasteiger partial charge in [-0.3, -0.25) is 4.79 Å². The second-order valence-corrected chi connectivity index (χ2v) is 7.94. The van der Waals surface area contributed by atoms with Crippen molar-refractivity contribution in [2.45, 2.75) is 33.4 Å². The topological polar surface area (TPSA) is 63.7 Å². The van der Waals surface area contributed by atoms with E-state index in [2.05, 4.69) is 0 Å². The Hall–Kier alpha value is -2.41. The first-order valence-electron chi connectivity index (χ1n) is 8.30. The second kappa shape index (κ2) is 8.31. The highest BCUT2D eigenvalue weighted by Gasteiger charge is 2.22. The Labute approximate surface area is 153 Å². The molecule has 0 unspecified atom stereocenters. The van der Waals surface area contributed by atoms with Gasteiger partial charge in [0.25, 0.3) is 5.91 Å². The van der Waals surface area contributed by atoms with Crippen LogP contribution in [0.5, 0.6) is 5.75 Å². The first kappa shape index (κ1) is 19.9. The third-order valence-corrected chi connectivity index (χ3v) is 4.97. The van der Waals surface area contributed by atoms with E-state index >= 15 is 0 Å². The summed E-state index contributed by atoms with van der Waals surface area (Å²) in [7, 11) is -3.63. The smallest absolute Gasteiger partial charge is 0.308 e. The van der Waals surface area contributed by atoms with Crippen molar-refractivity contribution in [1.29, 1.82) is 0 Å². The van der Waals surface area contributed by atoms with E-state index in [1.165, 1.54) is 36.1 Å². The van der Waals surface area contributed by atoms with Gasteiger partial charge in [-0.2, -0.15) is 8.42 Å². The van der Waals surface area contributed by atoms with E-state index in [4.69, 9.17) is 4.18 Å². The average Bonchev–Trinajstić information content (AvgIpc) is 2.59. The van der Waals surface area contributed by atoms with E-state index in [0.29, 0.717) is 5.56 Å². The molecule has 0 aliphatic heterocycles. The molecule has 0 saturated heterocycles. The maximum Gasteiger partial charge on any atom is 0.308 e. The molecular weight excluding hydrogens is 357 g/mol. The molecule has 0 N–H and O–H groups in total. The van der Waals surface area contributed by atoms with Gasteiger partial charge in [0.15, 0.2) is 0 Å². The van der Waals surface area contributed by atoms with Gasteiger partial charge >= 0.3 is 10.1 Å². The molecule has 2 aromatic carbocycles. The van der Waals surface area contributed by atoms with Gasteiger partial charge in [-0.05, 0) is 50.6 Å². The molecule has 26 heavy (non-hydrogen) atoms. The van der Waals surface area contributed by atoms with Crippen LogP contribution >= 0.6 is 0 Å². The van der Waals surface area contributed by atoms with Crippen LogP contribution in [-0.4, -0.2) is 31.0 Å². The van der Waals surface area contributed by atoms with Crippen LogP contribution in [0.1, 0.15) is 36.7 Å². The maximum atomic E-state index is 14.0. The van der Waals surface area contributed by atoms with Crippen LogP contribution in [-0.2, 0) is 16.7 Å². The zero-order chi connectivity index (χ0) is 19.3. The van der Waals surface area contributed by atoms with Gasteiger partial charge in [-0.15, -0.1) is 0 Å². The second-order valence-electron chi connectivity index (χ2n) is 6.08. The summed E-state index contributed by atoms with van der Waals surface area (Å²) in [6.07, 6.45) is 0. The van der Waals surface area contributed by atoms with Gasteiger partial charge < -0.3 is 9.08 Å². The molecule has 0 saturated carbocycles. The zero-order valence-corrected chi connectivity index (χ0v) is 15.8.